The Morgan fingerprint density at radius 3 is 2.17 bits per heavy atom. The van der Waals surface area contributed by atoms with Gasteiger partial charge in [-0.1, -0.05) is 59.1 Å². The molecule has 0 saturated heterocycles. The molecule has 1 atom stereocenters. The van der Waals surface area contributed by atoms with Gasteiger partial charge in [0.2, 0.25) is 0 Å². The molecule has 0 saturated carbocycles. The van der Waals surface area contributed by atoms with Crippen molar-refractivity contribution < 1.29 is 17.9 Å². The monoisotopic (exact) mass is 471 g/mol. The van der Waals surface area contributed by atoms with Gasteiger partial charge in [-0.25, -0.2) is 0 Å². The maximum atomic E-state index is 12.8. The molecule has 2 nitrogen and oxygen atoms in total. The van der Waals surface area contributed by atoms with Crippen molar-refractivity contribution in [3.8, 4) is 5.75 Å². The molecule has 29 heavy (non-hydrogen) atoms. The molecule has 0 heterocycles. The average Bonchev–Trinajstić information content (AvgIpc) is 2.71. The number of hydrogen-bond acceptors (Lipinski definition) is 2. The fraction of sp³-hybridized carbons (Fsp3) is 0.478. The number of halogens is 4. The van der Waals surface area contributed by atoms with Gasteiger partial charge < -0.3 is 9.64 Å². The molecular formula is C23H29BrF3NO. The predicted molar refractivity (Wildman–Crippen MR) is 116 cm³/mol. The van der Waals surface area contributed by atoms with Crippen LogP contribution in [-0.2, 0) is 6.18 Å². The van der Waals surface area contributed by atoms with Crippen molar-refractivity contribution in [2.45, 2.75) is 44.4 Å². The first-order chi connectivity index (χ1) is 13.9. The predicted octanol–water partition coefficient (Wildman–Crippen LogP) is 7.10. The number of unbranched alkanes of at least 4 members (excludes halogenated alkanes) is 3. The van der Waals surface area contributed by atoms with Gasteiger partial charge in [0.15, 0.2) is 0 Å². The van der Waals surface area contributed by atoms with E-state index in [1.54, 1.807) is 0 Å². The topological polar surface area (TPSA) is 12.5 Å². The Morgan fingerprint density at radius 2 is 1.55 bits per heavy atom. The Balaban J connectivity index is 1.94. The van der Waals surface area contributed by atoms with E-state index in [1.807, 2.05) is 30.3 Å². The van der Waals surface area contributed by atoms with Crippen LogP contribution in [0.15, 0.2) is 54.6 Å². The van der Waals surface area contributed by atoms with E-state index in [2.05, 4.69) is 27.9 Å². The van der Waals surface area contributed by atoms with Crippen LogP contribution < -0.4 is 4.74 Å². The average molecular weight is 472 g/mol. The van der Waals surface area contributed by atoms with Gasteiger partial charge in [-0.3, -0.25) is 0 Å². The molecule has 0 radical (unpaired) electrons. The third kappa shape index (κ3) is 8.79. The zero-order valence-corrected chi connectivity index (χ0v) is 18.4. The fourth-order valence-corrected chi connectivity index (χ4v) is 3.52. The summed E-state index contributed by atoms with van der Waals surface area (Å²) in [6.07, 6.45) is 1.06. The minimum absolute atomic E-state index is 0.205. The zero-order valence-electron chi connectivity index (χ0n) is 16.8. The minimum Gasteiger partial charge on any atom is -0.486 e. The Hall–Kier alpha value is -1.53. The number of benzene rings is 2. The smallest absolute Gasteiger partial charge is 0.416 e. The van der Waals surface area contributed by atoms with Crippen molar-refractivity contribution in [1.82, 2.24) is 4.90 Å². The number of rotatable bonds is 12. The van der Waals surface area contributed by atoms with E-state index in [0.717, 1.165) is 42.5 Å². The summed E-state index contributed by atoms with van der Waals surface area (Å²) < 4.78 is 44.4. The molecule has 2 rings (SSSR count). The molecular weight excluding hydrogens is 443 g/mol. The molecule has 0 bridgehead atoms. The van der Waals surface area contributed by atoms with Crippen LogP contribution in [0.2, 0.25) is 0 Å². The number of ether oxygens (including phenoxy) is 1. The second-order valence-electron chi connectivity index (χ2n) is 7.23. The first-order valence-corrected chi connectivity index (χ1v) is 11.2. The molecule has 0 unspecified atom stereocenters. The lowest BCUT2D eigenvalue weighted by Crippen LogP contribution is -2.24. The maximum Gasteiger partial charge on any atom is 0.416 e. The van der Waals surface area contributed by atoms with Gasteiger partial charge >= 0.3 is 6.18 Å². The first-order valence-electron chi connectivity index (χ1n) is 10.0. The SMILES string of the molecule is CN(CCCCCCBr)CC[C@@H](Oc1ccc(C(F)(F)F)cc1)c1ccccc1. The van der Waals surface area contributed by atoms with Gasteiger partial charge in [0.1, 0.15) is 11.9 Å². The van der Waals surface area contributed by atoms with E-state index in [4.69, 9.17) is 4.74 Å². The summed E-state index contributed by atoms with van der Waals surface area (Å²) in [6, 6.07) is 14.8. The van der Waals surface area contributed by atoms with Crippen LogP contribution in [0.25, 0.3) is 0 Å². The normalized spacial score (nSPS) is 12.9. The molecule has 6 heteroatoms. The summed E-state index contributed by atoms with van der Waals surface area (Å²) in [4.78, 5) is 2.29. The van der Waals surface area contributed by atoms with Crippen molar-refractivity contribution >= 4 is 15.9 Å². The van der Waals surface area contributed by atoms with Gasteiger partial charge in [-0.05, 0) is 56.3 Å². The van der Waals surface area contributed by atoms with E-state index >= 15 is 0 Å². The lowest BCUT2D eigenvalue weighted by molar-refractivity contribution is -0.137. The van der Waals surface area contributed by atoms with E-state index < -0.39 is 11.7 Å². The van der Waals surface area contributed by atoms with E-state index in [9.17, 15) is 13.2 Å². The summed E-state index contributed by atoms with van der Waals surface area (Å²) in [5.74, 6) is 0.448. The molecule has 0 aliphatic carbocycles. The van der Waals surface area contributed by atoms with E-state index in [1.165, 1.54) is 37.8 Å². The molecule has 0 aliphatic heterocycles. The lowest BCUT2D eigenvalue weighted by Gasteiger charge is -2.23. The van der Waals surface area contributed by atoms with Crippen molar-refractivity contribution in [3.05, 3.63) is 65.7 Å². The van der Waals surface area contributed by atoms with Crippen LogP contribution in [0.4, 0.5) is 13.2 Å². The van der Waals surface area contributed by atoms with Gasteiger partial charge in [0.05, 0.1) is 5.56 Å². The maximum absolute atomic E-state index is 12.8. The summed E-state index contributed by atoms with van der Waals surface area (Å²) in [6.45, 7) is 1.89. The first kappa shape index (κ1) is 23.7. The summed E-state index contributed by atoms with van der Waals surface area (Å²) in [5, 5.41) is 1.06. The van der Waals surface area contributed by atoms with Crippen LogP contribution in [0, 0.1) is 0 Å². The quantitative estimate of drug-likeness (QED) is 0.241. The third-order valence-corrected chi connectivity index (χ3v) is 5.39. The van der Waals surface area contributed by atoms with Gasteiger partial charge in [0, 0.05) is 18.3 Å². The molecule has 0 fully saturated rings. The Kier molecular flexibility index (Phi) is 10.0. The molecule has 0 aliphatic rings. The standard InChI is InChI=1S/C23H29BrF3NO/c1-28(17-8-3-2-7-16-24)18-15-22(19-9-5-4-6-10-19)29-21-13-11-20(12-14-21)23(25,26)27/h4-6,9-14,22H,2-3,7-8,15-18H2,1H3/t22-/m1/s1. The van der Waals surface area contributed by atoms with Crippen LogP contribution in [0.1, 0.15) is 49.3 Å². The summed E-state index contributed by atoms with van der Waals surface area (Å²) in [5.41, 5.74) is 0.360. The molecule has 0 N–H and O–H groups in total. The minimum atomic E-state index is -4.34. The highest BCUT2D eigenvalue weighted by molar-refractivity contribution is 9.09. The van der Waals surface area contributed by atoms with Gasteiger partial charge in [0.25, 0.3) is 0 Å². The van der Waals surface area contributed by atoms with Crippen LogP contribution in [0.3, 0.4) is 0 Å². The Morgan fingerprint density at radius 1 is 0.897 bits per heavy atom. The van der Waals surface area contributed by atoms with E-state index in [0.29, 0.717) is 5.75 Å². The number of alkyl halides is 4. The number of hydrogen-bond donors (Lipinski definition) is 0. The molecule has 2 aromatic carbocycles. The molecule has 0 amide bonds. The van der Waals surface area contributed by atoms with E-state index in [-0.39, 0.29) is 6.10 Å². The second kappa shape index (κ2) is 12.2. The highest BCUT2D eigenvalue weighted by atomic mass is 79.9. The fourth-order valence-electron chi connectivity index (χ4n) is 3.13. The van der Waals surface area contributed by atoms with Crippen LogP contribution >= 0.6 is 15.9 Å². The van der Waals surface area contributed by atoms with Crippen LogP contribution in [-0.4, -0.2) is 30.4 Å². The molecule has 2 aromatic rings. The van der Waals surface area contributed by atoms with Crippen molar-refractivity contribution in [3.63, 3.8) is 0 Å². The molecule has 0 aromatic heterocycles. The van der Waals surface area contributed by atoms with Crippen LogP contribution in [0.5, 0.6) is 5.75 Å². The largest absolute Gasteiger partial charge is 0.486 e. The lowest BCUT2D eigenvalue weighted by atomic mass is 10.1. The van der Waals surface area contributed by atoms with Crippen molar-refractivity contribution in [2.24, 2.45) is 0 Å². The van der Waals surface area contributed by atoms with Gasteiger partial charge in [-0.2, -0.15) is 13.2 Å². The number of nitrogens with zero attached hydrogens (tertiary/aromatic N) is 1. The third-order valence-electron chi connectivity index (χ3n) is 4.83. The van der Waals surface area contributed by atoms with Crippen molar-refractivity contribution in [1.29, 1.82) is 0 Å². The molecule has 0 spiro atoms. The highest BCUT2D eigenvalue weighted by Crippen LogP contribution is 2.32. The highest BCUT2D eigenvalue weighted by Gasteiger charge is 2.30. The van der Waals surface area contributed by atoms with Gasteiger partial charge in [-0.15, -0.1) is 0 Å². The Labute approximate surface area is 180 Å². The zero-order chi connectivity index (χ0) is 21.1. The summed E-state index contributed by atoms with van der Waals surface area (Å²) >= 11 is 3.45. The molecule has 160 valence electrons. The second-order valence-corrected chi connectivity index (χ2v) is 8.03. The van der Waals surface area contributed by atoms with Crippen molar-refractivity contribution in [2.75, 3.05) is 25.5 Å². The summed E-state index contributed by atoms with van der Waals surface area (Å²) in [7, 11) is 2.10. The Bertz CT molecular complexity index is 692.